The molecular weight excluding hydrogens is 348 g/mol. The van der Waals surface area contributed by atoms with Crippen LogP contribution in [0.25, 0.3) is 0 Å². The first-order valence-electron chi connectivity index (χ1n) is 8.07. The average molecular weight is 372 g/mol. The lowest BCUT2D eigenvalue weighted by molar-refractivity contribution is -0.251. The number of carbonyl (C=O) groups is 4. The van der Waals surface area contributed by atoms with Crippen LogP contribution in [0, 0.1) is 0 Å². The maximum Gasteiger partial charge on any atom is 0.303 e. The molecule has 1 aliphatic heterocycles. The summed E-state index contributed by atoms with van der Waals surface area (Å²) in [5.74, 6) is -2.49. The van der Waals surface area contributed by atoms with Gasteiger partial charge in [0.25, 0.3) is 0 Å². The Bertz CT molecular complexity index is 556. The summed E-state index contributed by atoms with van der Waals surface area (Å²) in [5.41, 5.74) is 0. The standard InChI is InChI=1S/C17H24O9/c1-6-7-13-15(23-10(3)19)17(25-12(5)21)16(24-11(4)20)14(26-13)8-22-9(2)18/h6,13-17H,1,7-8H2,2-5H3/t13-,14-,15-,16-,17+/m1/s1. The van der Waals surface area contributed by atoms with E-state index in [0.29, 0.717) is 0 Å². The molecule has 1 heterocycles. The number of rotatable bonds is 7. The lowest BCUT2D eigenvalue weighted by Gasteiger charge is -2.44. The minimum atomic E-state index is -1.13. The normalized spacial score (nSPS) is 27.8. The van der Waals surface area contributed by atoms with Gasteiger partial charge in [-0.05, 0) is 6.42 Å². The van der Waals surface area contributed by atoms with Crippen LogP contribution >= 0.6 is 0 Å². The Morgan fingerprint density at radius 1 is 0.808 bits per heavy atom. The zero-order chi connectivity index (χ0) is 19.9. The molecule has 1 saturated heterocycles. The molecule has 1 rings (SSSR count). The maximum atomic E-state index is 11.6. The molecule has 1 aliphatic rings. The van der Waals surface area contributed by atoms with Gasteiger partial charge < -0.3 is 23.7 Å². The van der Waals surface area contributed by atoms with Gasteiger partial charge in [-0.25, -0.2) is 0 Å². The van der Waals surface area contributed by atoms with E-state index >= 15 is 0 Å². The quantitative estimate of drug-likeness (QED) is 0.361. The highest BCUT2D eigenvalue weighted by atomic mass is 16.7. The molecule has 0 saturated carbocycles. The summed E-state index contributed by atoms with van der Waals surface area (Å²) < 4.78 is 26.6. The van der Waals surface area contributed by atoms with Crippen molar-refractivity contribution >= 4 is 23.9 Å². The molecule has 1 fully saturated rings. The Kier molecular flexibility index (Phi) is 8.24. The lowest BCUT2D eigenvalue weighted by atomic mass is 9.92. The van der Waals surface area contributed by atoms with E-state index in [0.717, 1.165) is 0 Å². The second kappa shape index (κ2) is 9.91. The molecule has 0 aromatic rings. The Labute approximate surface area is 151 Å². The van der Waals surface area contributed by atoms with Crippen molar-refractivity contribution in [2.75, 3.05) is 6.61 Å². The third-order valence-electron chi connectivity index (χ3n) is 3.49. The average Bonchev–Trinajstić information content (AvgIpc) is 2.50. The highest BCUT2D eigenvalue weighted by Gasteiger charge is 2.51. The first-order valence-corrected chi connectivity index (χ1v) is 8.07. The van der Waals surface area contributed by atoms with Crippen LogP contribution in [-0.2, 0) is 42.9 Å². The van der Waals surface area contributed by atoms with Crippen molar-refractivity contribution in [1.82, 2.24) is 0 Å². The molecule has 26 heavy (non-hydrogen) atoms. The molecule has 146 valence electrons. The van der Waals surface area contributed by atoms with Crippen molar-refractivity contribution in [3.05, 3.63) is 12.7 Å². The Hall–Kier alpha value is -2.42. The predicted molar refractivity (Wildman–Crippen MR) is 86.8 cm³/mol. The first-order chi connectivity index (χ1) is 12.1. The van der Waals surface area contributed by atoms with Gasteiger partial charge in [0, 0.05) is 27.7 Å². The second-order valence-electron chi connectivity index (χ2n) is 5.76. The van der Waals surface area contributed by atoms with E-state index in [4.69, 9.17) is 23.7 Å². The van der Waals surface area contributed by atoms with E-state index in [2.05, 4.69) is 6.58 Å². The van der Waals surface area contributed by atoms with Crippen LogP contribution in [0.15, 0.2) is 12.7 Å². The SMILES string of the molecule is C=CC[C@H]1O[C@H](COC(C)=O)[C@@H](OC(C)=O)[C@@H](OC(C)=O)[C@@H]1OC(C)=O. The van der Waals surface area contributed by atoms with Crippen LogP contribution in [0.3, 0.4) is 0 Å². The van der Waals surface area contributed by atoms with E-state index in [1.54, 1.807) is 6.08 Å². The van der Waals surface area contributed by atoms with Crippen LogP contribution in [0.4, 0.5) is 0 Å². The number of ether oxygens (including phenoxy) is 5. The van der Waals surface area contributed by atoms with Crippen molar-refractivity contribution in [3.8, 4) is 0 Å². The molecule has 0 radical (unpaired) electrons. The van der Waals surface area contributed by atoms with Gasteiger partial charge in [-0.1, -0.05) is 6.08 Å². The molecule has 0 amide bonds. The van der Waals surface area contributed by atoms with Crippen LogP contribution in [0.2, 0.25) is 0 Å². The van der Waals surface area contributed by atoms with Gasteiger partial charge in [0.1, 0.15) is 18.8 Å². The summed E-state index contributed by atoms with van der Waals surface area (Å²) in [6.07, 6.45) is -3.11. The predicted octanol–water partition coefficient (Wildman–Crippen LogP) is 0.688. The molecule has 0 aromatic carbocycles. The fraction of sp³-hybridized carbons (Fsp3) is 0.647. The fourth-order valence-electron chi connectivity index (χ4n) is 2.67. The zero-order valence-electron chi connectivity index (χ0n) is 15.3. The van der Waals surface area contributed by atoms with Crippen molar-refractivity contribution in [2.24, 2.45) is 0 Å². The number of hydrogen-bond donors (Lipinski definition) is 0. The van der Waals surface area contributed by atoms with Gasteiger partial charge in [-0.3, -0.25) is 19.2 Å². The Balaban J connectivity index is 3.24. The zero-order valence-corrected chi connectivity index (χ0v) is 15.3. The van der Waals surface area contributed by atoms with Gasteiger partial charge in [-0.2, -0.15) is 0 Å². The molecule has 5 atom stereocenters. The summed E-state index contributed by atoms with van der Waals surface area (Å²) in [6.45, 7) is 8.15. The second-order valence-corrected chi connectivity index (χ2v) is 5.76. The summed E-state index contributed by atoms with van der Waals surface area (Å²) >= 11 is 0. The van der Waals surface area contributed by atoms with E-state index in [-0.39, 0.29) is 13.0 Å². The van der Waals surface area contributed by atoms with Gasteiger partial charge in [0.15, 0.2) is 18.3 Å². The largest absolute Gasteiger partial charge is 0.463 e. The molecule has 0 bridgehead atoms. The van der Waals surface area contributed by atoms with E-state index < -0.39 is 54.4 Å². The highest BCUT2D eigenvalue weighted by Crippen LogP contribution is 2.30. The van der Waals surface area contributed by atoms with E-state index in [9.17, 15) is 19.2 Å². The monoisotopic (exact) mass is 372 g/mol. The van der Waals surface area contributed by atoms with Crippen molar-refractivity contribution < 1.29 is 42.9 Å². The topological polar surface area (TPSA) is 114 Å². The molecule has 0 unspecified atom stereocenters. The summed E-state index contributed by atoms with van der Waals surface area (Å²) in [4.78, 5) is 45.7. The first kappa shape index (κ1) is 21.6. The third-order valence-corrected chi connectivity index (χ3v) is 3.49. The fourth-order valence-corrected chi connectivity index (χ4v) is 2.67. The van der Waals surface area contributed by atoms with Crippen molar-refractivity contribution in [2.45, 2.75) is 64.6 Å². The summed E-state index contributed by atoms with van der Waals surface area (Å²) in [5, 5.41) is 0. The van der Waals surface area contributed by atoms with Gasteiger partial charge in [0.2, 0.25) is 0 Å². The van der Waals surface area contributed by atoms with E-state index in [1.807, 2.05) is 0 Å². The van der Waals surface area contributed by atoms with Crippen LogP contribution in [-0.4, -0.2) is 61.0 Å². The summed E-state index contributed by atoms with van der Waals surface area (Å²) in [7, 11) is 0. The lowest BCUT2D eigenvalue weighted by Crippen LogP contribution is -2.62. The maximum absolute atomic E-state index is 11.6. The number of hydrogen-bond acceptors (Lipinski definition) is 9. The summed E-state index contributed by atoms with van der Waals surface area (Å²) in [6, 6.07) is 0. The van der Waals surface area contributed by atoms with Gasteiger partial charge in [0.05, 0.1) is 0 Å². The van der Waals surface area contributed by atoms with E-state index in [1.165, 1.54) is 27.7 Å². The smallest absolute Gasteiger partial charge is 0.303 e. The van der Waals surface area contributed by atoms with Gasteiger partial charge >= 0.3 is 23.9 Å². The number of carbonyl (C=O) groups excluding carboxylic acids is 4. The van der Waals surface area contributed by atoms with Crippen LogP contribution in [0.5, 0.6) is 0 Å². The Morgan fingerprint density at radius 3 is 1.69 bits per heavy atom. The molecule has 0 aromatic heterocycles. The third kappa shape index (κ3) is 6.47. The molecule has 9 nitrogen and oxygen atoms in total. The molecule has 0 N–H and O–H groups in total. The molecule has 9 heteroatoms. The molecular formula is C17H24O9. The van der Waals surface area contributed by atoms with Crippen molar-refractivity contribution in [1.29, 1.82) is 0 Å². The molecule has 0 aliphatic carbocycles. The molecule has 0 spiro atoms. The minimum Gasteiger partial charge on any atom is -0.463 e. The van der Waals surface area contributed by atoms with Crippen LogP contribution < -0.4 is 0 Å². The van der Waals surface area contributed by atoms with Crippen molar-refractivity contribution in [3.63, 3.8) is 0 Å². The van der Waals surface area contributed by atoms with Crippen LogP contribution in [0.1, 0.15) is 34.1 Å². The van der Waals surface area contributed by atoms with Gasteiger partial charge in [-0.15, -0.1) is 6.58 Å². The highest BCUT2D eigenvalue weighted by molar-refractivity contribution is 5.68. The minimum absolute atomic E-state index is 0.231. The number of esters is 4. The Morgan fingerprint density at radius 2 is 1.27 bits per heavy atom.